The summed E-state index contributed by atoms with van der Waals surface area (Å²) in [5.74, 6) is 0.250. The van der Waals surface area contributed by atoms with Gasteiger partial charge in [-0.2, -0.15) is 0 Å². The topological polar surface area (TPSA) is 105 Å². The quantitative estimate of drug-likeness (QED) is 0.532. The Bertz CT molecular complexity index is 1130. The third-order valence-electron chi connectivity index (χ3n) is 5.20. The molecule has 35 heavy (non-hydrogen) atoms. The highest BCUT2D eigenvalue weighted by Gasteiger charge is 2.31. The number of anilines is 1. The Kier molecular flexibility index (Phi) is 9.14. The van der Waals surface area contributed by atoms with Crippen molar-refractivity contribution in [3.63, 3.8) is 0 Å². The third kappa shape index (κ3) is 8.17. The number of nitrogens with one attached hydrogen (secondary N) is 1. The van der Waals surface area contributed by atoms with Crippen LogP contribution >= 0.6 is 0 Å². The van der Waals surface area contributed by atoms with Crippen molar-refractivity contribution in [2.45, 2.75) is 45.8 Å². The second-order valence-corrected chi connectivity index (χ2v) is 11.2. The lowest BCUT2D eigenvalue weighted by Crippen LogP contribution is -2.54. The second-order valence-electron chi connectivity index (χ2n) is 9.26. The van der Waals surface area contributed by atoms with Crippen LogP contribution < -0.4 is 19.1 Å². The van der Waals surface area contributed by atoms with Crippen LogP contribution in [-0.4, -0.2) is 63.7 Å². The summed E-state index contributed by atoms with van der Waals surface area (Å²) in [5.41, 5.74) is 0.553. The number of methoxy groups -OCH3 is 2. The minimum absolute atomic E-state index is 0.108. The van der Waals surface area contributed by atoms with Crippen molar-refractivity contribution in [1.29, 1.82) is 0 Å². The summed E-state index contributed by atoms with van der Waals surface area (Å²) in [6, 6.07) is 12.7. The number of hydrogen-bond acceptors (Lipinski definition) is 6. The fraction of sp³-hybridized carbons (Fsp3) is 0.440. The smallest absolute Gasteiger partial charge is 0.244 e. The van der Waals surface area contributed by atoms with Crippen molar-refractivity contribution in [3.8, 4) is 11.5 Å². The first-order chi connectivity index (χ1) is 16.2. The molecular weight excluding hydrogens is 470 g/mol. The number of carbonyl (C=O) groups excluding carboxylic acids is 2. The van der Waals surface area contributed by atoms with Crippen LogP contribution in [0.3, 0.4) is 0 Å². The van der Waals surface area contributed by atoms with Gasteiger partial charge in [-0.1, -0.05) is 18.2 Å². The first-order valence-electron chi connectivity index (χ1n) is 11.1. The van der Waals surface area contributed by atoms with Crippen LogP contribution in [0.25, 0.3) is 0 Å². The number of sulfonamides is 1. The molecular formula is C25H35N3O6S. The molecule has 0 fully saturated rings. The Morgan fingerprint density at radius 2 is 1.60 bits per heavy atom. The molecule has 2 aromatic carbocycles. The summed E-state index contributed by atoms with van der Waals surface area (Å²) in [5, 5.41) is 2.89. The Hall–Kier alpha value is -3.27. The average molecular weight is 506 g/mol. The summed E-state index contributed by atoms with van der Waals surface area (Å²) in [6.45, 7) is 6.80. The molecule has 0 radical (unpaired) electrons. The summed E-state index contributed by atoms with van der Waals surface area (Å²) in [6.07, 6.45) is 1.03. The van der Waals surface area contributed by atoms with E-state index in [1.165, 1.54) is 18.1 Å². The van der Waals surface area contributed by atoms with Crippen molar-refractivity contribution >= 4 is 27.5 Å². The Labute approximate surface area is 208 Å². The van der Waals surface area contributed by atoms with Crippen LogP contribution in [0.4, 0.5) is 5.69 Å². The van der Waals surface area contributed by atoms with Gasteiger partial charge in [-0.15, -0.1) is 0 Å². The first kappa shape index (κ1) is 28.0. The highest BCUT2D eigenvalue weighted by Crippen LogP contribution is 2.24. The van der Waals surface area contributed by atoms with Gasteiger partial charge in [0.2, 0.25) is 21.8 Å². The van der Waals surface area contributed by atoms with Crippen molar-refractivity contribution in [2.75, 3.05) is 31.3 Å². The molecule has 0 heterocycles. The van der Waals surface area contributed by atoms with Gasteiger partial charge in [-0.3, -0.25) is 13.9 Å². The molecule has 0 aliphatic heterocycles. The van der Waals surface area contributed by atoms with Crippen LogP contribution in [0, 0.1) is 0 Å². The Balaban J connectivity index is 2.41. The summed E-state index contributed by atoms with van der Waals surface area (Å²) in [4.78, 5) is 27.9. The van der Waals surface area contributed by atoms with Crippen LogP contribution in [0.1, 0.15) is 33.3 Å². The number of ether oxygens (including phenoxy) is 2. The number of hydrogen-bond donors (Lipinski definition) is 1. The predicted octanol–water partition coefficient (Wildman–Crippen LogP) is 2.80. The number of carbonyl (C=O) groups is 2. The molecule has 2 aromatic rings. The molecule has 1 atom stereocenters. The lowest BCUT2D eigenvalue weighted by Gasteiger charge is -2.33. The van der Waals surface area contributed by atoms with Crippen molar-refractivity contribution in [1.82, 2.24) is 10.2 Å². The van der Waals surface area contributed by atoms with Gasteiger partial charge in [0.05, 0.1) is 26.2 Å². The largest absolute Gasteiger partial charge is 0.497 e. The van der Waals surface area contributed by atoms with Crippen molar-refractivity contribution < 1.29 is 27.5 Å². The van der Waals surface area contributed by atoms with Crippen molar-refractivity contribution in [3.05, 3.63) is 54.1 Å². The number of benzene rings is 2. The molecule has 0 saturated carbocycles. The molecule has 192 valence electrons. The Morgan fingerprint density at radius 1 is 1.00 bits per heavy atom. The molecule has 2 amide bonds. The van der Waals surface area contributed by atoms with E-state index in [2.05, 4.69) is 5.32 Å². The highest BCUT2D eigenvalue weighted by atomic mass is 32.2. The standard InChI is InChI=1S/C25H35N3O6S/c1-18(24(30)26-25(2,3)4)27(16-19-11-13-21(33-5)14-12-19)23(29)17-28(35(7,31)32)20-9-8-10-22(15-20)34-6/h8-15,18H,16-17H2,1-7H3,(H,26,30). The second kappa shape index (κ2) is 11.4. The maximum Gasteiger partial charge on any atom is 0.244 e. The van der Waals surface area contributed by atoms with E-state index in [1.807, 2.05) is 20.8 Å². The van der Waals surface area contributed by atoms with Crippen molar-refractivity contribution in [2.24, 2.45) is 0 Å². The predicted molar refractivity (Wildman–Crippen MR) is 136 cm³/mol. The Morgan fingerprint density at radius 3 is 2.11 bits per heavy atom. The van der Waals surface area contributed by atoms with Gasteiger partial charge in [0, 0.05) is 18.2 Å². The maximum absolute atomic E-state index is 13.6. The van der Waals surface area contributed by atoms with E-state index in [0.29, 0.717) is 11.5 Å². The maximum atomic E-state index is 13.6. The van der Waals surface area contributed by atoms with Gasteiger partial charge < -0.3 is 19.7 Å². The van der Waals surface area contributed by atoms with Crippen LogP contribution in [0.15, 0.2) is 48.5 Å². The van der Waals surface area contributed by atoms with E-state index >= 15 is 0 Å². The number of rotatable bonds is 10. The summed E-state index contributed by atoms with van der Waals surface area (Å²) in [7, 11) is -0.784. The molecule has 0 saturated heterocycles. The van der Waals surface area contributed by atoms with E-state index in [0.717, 1.165) is 16.1 Å². The average Bonchev–Trinajstić information content (AvgIpc) is 2.78. The number of amides is 2. The minimum Gasteiger partial charge on any atom is -0.497 e. The van der Waals surface area contributed by atoms with Gasteiger partial charge in [-0.05, 0) is 57.5 Å². The monoisotopic (exact) mass is 505 g/mol. The van der Waals surface area contributed by atoms with E-state index in [1.54, 1.807) is 56.5 Å². The summed E-state index contributed by atoms with van der Waals surface area (Å²) < 4.78 is 36.7. The molecule has 0 aliphatic rings. The molecule has 9 nitrogen and oxygen atoms in total. The van der Waals surface area contributed by atoms with Gasteiger partial charge in [-0.25, -0.2) is 8.42 Å². The molecule has 2 rings (SSSR count). The fourth-order valence-corrected chi connectivity index (χ4v) is 4.21. The van der Waals surface area contributed by atoms with E-state index in [-0.39, 0.29) is 18.1 Å². The lowest BCUT2D eigenvalue weighted by molar-refractivity contribution is -0.140. The van der Waals surface area contributed by atoms with Gasteiger partial charge in [0.25, 0.3) is 0 Å². The zero-order valence-corrected chi connectivity index (χ0v) is 22.2. The first-order valence-corrected chi connectivity index (χ1v) is 13.0. The van der Waals surface area contributed by atoms with Gasteiger partial charge in [0.15, 0.2) is 0 Å². The SMILES string of the molecule is COc1ccc(CN(C(=O)CN(c2cccc(OC)c2)S(C)(=O)=O)C(C)C(=O)NC(C)(C)C)cc1. The fourth-order valence-electron chi connectivity index (χ4n) is 3.36. The lowest BCUT2D eigenvalue weighted by atomic mass is 10.1. The van der Waals surface area contributed by atoms with Gasteiger partial charge in [0.1, 0.15) is 24.1 Å². The van der Waals surface area contributed by atoms with E-state index in [9.17, 15) is 18.0 Å². The normalized spacial score (nSPS) is 12.4. The van der Waals surface area contributed by atoms with Crippen LogP contribution in [0.5, 0.6) is 11.5 Å². The molecule has 1 unspecified atom stereocenters. The third-order valence-corrected chi connectivity index (χ3v) is 6.34. The molecule has 0 spiro atoms. The molecule has 0 aromatic heterocycles. The molecule has 0 bridgehead atoms. The van der Waals surface area contributed by atoms with E-state index < -0.39 is 34.1 Å². The molecule has 10 heteroatoms. The highest BCUT2D eigenvalue weighted by molar-refractivity contribution is 7.92. The summed E-state index contributed by atoms with van der Waals surface area (Å²) >= 11 is 0. The minimum atomic E-state index is -3.81. The zero-order chi connectivity index (χ0) is 26.4. The molecule has 1 N–H and O–H groups in total. The van der Waals surface area contributed by atoms with Crippen LogP contribution in [0.2, 0.25) is 0 Å². The van der Waals surface area contributed by atoms with Crippen LogP contribution in [-0.2, 0) is 26.2 Å². The van der Waals surface area contributed by atoms with Gasteiger partial charge >= 0.3 is 0 Å². The molecule has 0 aliphatic carbocycles. The zero-order valence-electron chi connectivity index (χ0n) is 21.4. The number of nitrogens with zero attached hydrogens (tertiary/aromatic N) is 2. The van der Waals surface area contributed by atoms with E-state index in [4.69, 9.17) is 9.47 Å².